The fraction of sp³-hybridized carbons (Fsp3) is 0.300. The molecule has 0 amide bonds. The quantitative estimate of drug-likeness (QED) is 0.651. The van der Waals surface area contributed by atoms with Gasteiger partial charge in [0.15, 0.2) is 5.82 Å². The summed E-state index contributed by atoms with van der Waals surface area (Å²) in [7, 11) is 0. The Balaban J connectivity index is 1.68. The van der Waals surface area contributed by atoms with Gasteiger partial charge in [-0.15, -0.1) is 5.10 Å². The highest BCUT2D eigenvalue weighted by Gasteiger charge is 2.14. The highest BCUT2D eigenvalue weighted by atomic mass is 32.2. The summed E-state index contributed by atoms with van der Waals surface area (Å²) >= 11 is 1.65. The number of aromatic amines is 1. The van der Waals surface area contributed by atoms with Crippen molar-refractivity contribution < 1.29 is 0 Å². The van der Waals surface area contributed by atoms with Crippen molar-refractivity contribution in [3.63, 3.8) is 0 Å². The molecule has 0 fully saturated rings. The molecule has 0 saturated carbocycles. The minimum atomic E-state index is 0.162. The second kappa shape index (κ2) is 6.81. The lowest BCUT2D eigenvalue weighted by molar-refractivity contribution is 0.590. The van der Waals surface area contributed by atoms with Gasteiger partial charge in [0.2, 0.25) is 5.16 Å². The summed E-state index contributed by atoms with van der Waals surface area (Å²) < 4.78 is 0. The van der Waals surface area contributed by atoms with E-state index in [2.05, 4.69) is 91.4 Å². The molecular weight excluding hydrogens is 314 g/mol. The van der Waals surface area contributed by atoms with Gasteiger partial charge in [-0.25, -0.2) is 4.98 Å². The summed E-state index contributed by atoms with van der Waals surface area (Å²) in [6.07, 6.45) is 0. The number of aryl methyl sites for hydroxylation is 1. The summed E-state index contributed by atoms with van der Waals surface area (Å²) in [5.74, 6) is 1.70. The molecule has 2 aromatic carbocycles. The Morgan fingerprint density at radius 1 is 0.958 bits per heavy atom. The zero-order chi connectivity index (χ0) is 17.2. The van der Waals surface area contributed by atoms with E-state index in [1.165, 1.54) is 16.7 Å². The topological polar surface area (TPSA) is 41.6 Å². The van der Waals surface area contributed by atoms with E-state index in [-0.39, 0.29) is 5.41 Å². The van der Waals surface area contributed by atoms with Gasteiger partial charge in [-0.3, -0.25) is 5.10 Å². The minimum Gasteiger partial charge on any atom is -0.258 e. The van der Waals surface area contributed by atoms with Crippen LogP contribution in [0.4, 0.5) is 0 Å². The van der Waals surface area contributed by atoms with E-state index in [1.54, 1.807) is 11.8 Å². The lowest BCUT2D eigenvalue weighted by atomic mass is 9.87. The lowest BCUT2D eigenvalue weighted by Gasteiger charge is -2.18. The first-order valence-corrected chi connectivity index (χ1v) is 9.12. The van der Waals surface area contributed by atoms with E-state index in [9.17, 15) is 0 Å². The number of nitrogens with zero attached hydrogens (tertiary/aromatic N) is 2. The molecule has 3 rings (SSSR count). The molecule has 1 N–H and O–H groups in total. The van der Waals surface area contributed by atoms with E-state index < -0.39 is 0 Å². The maximum Gasteiger partial charge on any atom is 0.209 e. The van der Waals surface area contributed by atoms with Gasteiger partial charge in [-0.2, -0.15) is 0 Å². The minimum absolute atomic E-state index is 0.162. The van der Waals surface area contributed by atoms with E-state index >= 15 is 0 Å². The molecule has 3 aromatic rings. The molecule has 0 unspecified atom stereocenters. The van der Waals surface area contributed by atoms with Crippen LogP contribution in [0.25, 0.3) is 11.4 Å². The average Bonchev–Trinajstić information content (AvgIpc) is 3.03. The molecule has 124 valence electrons. The van der Waals surface area contributed by atoms with Gasteiger partial charge in [-0.1, -0.05) is 86.6 Å². The van der Waals surface area contributed by atoms with Crippen molar-refractivity contribution in [2.45, 2.75) is 44.0 Å². The maximum atomic E-state index is 4.60. The third-order valence-corrected chi connectivity index (χ3v) is 4.90. The van der Waals surface area contributed by atoms with Gasteiger partial charge in [0.05, 0.1) is 0 Å². The van der Waals surface area contributed by atoms with Crippen LogP contribution >= 0.6 is 11.8 Å². The van der Waals surface area contributed by atoms with Crippen LogP contribution in [0.5, 0.6) is 0 Å². The van der Waals surface area contributed by atoms with Crippen LogP contribution in [0, 0.1) is 6.92 Å². The fourth-order valence-corrected chi connectivity index (χ4v) is 3.15. The Morgan fingerprint density at radius 2 is 1.62 bits per heavy atom. The molecular formula is C20H23N3S. The van der Waals surface area contributed by atoms with Crippen molar-refractivity contribution in [1.82, 2.24) is 15.2 Å². The van der Waals surface area contributed by atoms with E-state index in [0.717, 1.165) is 22.3 Å². The smallest absolute Gasteiger partial charge is 0.209 e. The third-order valence-electron chi connectivity index (χ3n) is 3.98. The third kappa shape index (κ3) is 4.06. The Labute approximate surface area is 147 Å². The summed E-state index contributed by atoms with van der Waals surface area (Å²) in [6.45, 7) is 8.76. The van der Waals surface area contributed by atoms with Crippen molar-refractivity contribution in [3.05, 3.63) is 65.2 Å². The van der Waals surface area contributed by atoms with Crippen molar-refractivity contribution in [3.8, 4) is 11.4 Å². The summed E-state index contributed by atoms with van der Waals surface area (Å²) in [5.41, 5.74) is 5.11. The molecule has 1 heterocycles. The molecule has 0 atom stereocenters. The average molecular weight is 337 g/mol. The summed E-state index contributed by atoms with van der Waals surface area (Å²) in [6, 6.07) is 17.1. The molecule has 4 heteroatoms. The maximum absolute atomic E-state index is 4.60. The number of hydrogen-bond donors (Lipinski definition) is 1. The largest absolute Gasteiger partial charge is 0.258 e. The summed E-state index contributed by atoms with van der Waals surface area (Å²) in [5, 5.41) is 8.15. The number of rotatable bonds is 4. The van der Waals surface area contributed by atoms with E-state index in [4.69, 9.17) is 0 Å². The van der Waals surface area contributed by atoms with Crippen LogP contribution in [0.2, 0.25) is 0 Å². The molecule has 1 aromatic heterocycles. The van der Waals surface area contributed by atoms with Gasteiger partial charge < -0.3 is 0 Å². The van der Waals surface area contributed by atoms with Gasteiger partial charge >= 0.3 is 0 Å². The number of hydrogen-bond acceptors (Lipinski definition) is 3. The van der Waals surface area contributed by atoms with Crippen LogP contribution < -0.4 is 0 Å². The highest BCUT2D eigenvalue weighted by Crippen LogP contribution is 2.26. The van der Waals surface area contributed by atoms with Crippen molar-refractivity contribution in [2.75, 3.05) is 0 Å². The standard InChI is InChI=1S/C20H23N3S/c1-14-5-7-15(8-6-14)13-24-19-21-18(22-23-19)16-9-11-17(12-10-16)20(2,3)4/h5-12H,13H2,1-4H3,(H,21,22,23). The Morgan fingerprint density at radius 3 is 2.25 bits per heavy atom. The molecule has 0 bridgehead atoms. The molecule has 0 aliphatic carbocycles. The lowest BCUT2D eigenvalue weighted by Crippen LogP contribution is -2.10. The summed E-state index contributed by atoms with van der Waals surface area (Å²) in [4.78, 5) is 4.60. The molecule has 0 spiro atoms. The zero-order valence-corrected chi connectivity index (χ0v) is 15.4. The number of H-pyrrole nitrogens is 1. The monoisotopic (exact) mass is 337 g/mol. The number of aromatic nitrogens is 3. The first-order valence-electron chi connectivity index (χ1n) is 8.13. The molecule has 0 aliphatic rings. The van der Waals surface area contributed by atoms with Crippen LogP contribution in [-0.4, -0.2) is 15.2 Å². The number of nitrogens with one attached hydrogen (secondary N) is 1. The number of thioether (sulfide) groups is 1. The molecule has 24 heavy (non-hydrogen) atoms. The van der Waals surface area contributed by atoms with E-state index in [0.29, 0.717) is 0 Å². The van der Waals surface area contributed by atoms with Crippen LogP contribution in [0.15, 0.2) is 53.7 Å². The number of benzene rings is 2. The normalized spacial score (nSPS) is 11.7. The fourth-order valence-electron chi connectivity index (χ4n) is 2.40. The SMILES string of the molecule is Cc1ccc(CSc2n[nH]c(-c3ccc(C(C)(C)C)cc3)n2)cc1. The zero-order valence-electron chi connectivity index (χ0n) is 14.6. The van der Waals surface area contributed by atoms with Gasteiger partial charge in [0.1, 0.15) is 0 Å². The Bertz CT molecular complexity index is 796. The predicted molar refractivity (Wildman–Crippen MR) is 101 cm³/mol. The predicted octanol–water partition coefficient (Wildman–Crippen LogP) is 5.37. The van der Waals surface area contributed by atoms with Crippen LogP contribution in [0.3, 0.4) is 0 Å². The van der Waals surface area contributed by atoms with Crippen molar-refractivity contribution in [1.29, 1.82) is 0 Å². The highest BCUT2D eigenvalue weighted by molar-refractivity contribution is 7.98. The van der Waals surface area contributed by atoms with Gasteiger partial charge in [0, 0.05) is 11.3 Å². The van der Waals surface area contributed by atoms with Gasteiger partial charge in [0.25, 0.3) is 0 Å². The molecule has 3 nitrogen and oxygen atoms in total. The molecule has 0 saturated heterocycles. The first-order chi connectivity index (χ1) is 11.4. The van der Waals surface area contributed by atoms with Crippen molar-refractivity contribution in [2.24, 2.45) is 0 Å². The molecule has 0 aliphatic heterocycles. The second-order valence-corrected chi connectivity index (χ2v) is 8.01. The van der Waals surface area contributed by atoms with E-state index in [1.807, 2.05) is 0 Å². The second-order valence-electron chi connectivity index (χ2n) is 7.07. The van der Waals surface area contributed by atoms with Crippen molar-refractivity contribution >= 4 is 11.8 Å². The Hall–Kier alpha value is -2.07. The Kier molecular flexibility index (Phi) is 4.76. The van der Waals surface area contributed by atoms with Gasteiger partial charge in [-0.05, 0) is 23.5 Å². The first kappa shape index (κ1) is 16.8. The van der Waals surface area contributed by atoms with Crippen LogP contribution in [0.1, 0.15) is 37.5 Å². The van der Waals surface area contributed by atoms with Crippen LogP contribution in [-0.2, 0) is 11.2 Å². The molecule has 0 radical (unpaired) electrons.